The summed E-state index contributed by atoms with van der Waals surface area (Å²) in [5.74, 6) is 2.88. The Morgan fingerprint density at radius 1 is 1.03 bits per heavy atom. The number of carbonyl (C=O) groups is 1. The molecule has 3 aromatic rings. The number of likely N-dealkylation sites (tertiary alicyclic amines) is 1. The molecule has 1 amide bonds. The standard InChI is InChI=1S/C22H23N3O5/c1-27-17-7-4-14(5-8-17)12-25-13-16(11-20(25)26)21-23-22(30-24-21)15-6-9-18(28-2)19(10-15)29-3/h4-10,16H,11-13H2,1-3H3. The van der Waals surface area contributed by atoms with E-state index < -0.39 is 0 Å². The molecule has 1 atom stereocenters. The van der Waals surface area contributed by atoms with Crippen molar-refractivity contribution in [1.29, 1.82) is 0 Å². The van der Waals surface area contributed by atoms with Crippen LogP contribution in [-0.2, 0) is 11.3 Å². The number of nitrogens with zero attached hydrogens (tertiary/aromatic N) is 3. The molecule has 1 aliphatic rings. The molecule has 8 nitrogen and oxygen atoms in total. The van der Waals surface area contributed by atoms with Gasteiger partial charge in [-0.05, 0) is 35.9 Å². The van der Waals surface area contributed by atoms with Gasteiger partial charge in [0.25, 0.3) is 5.89 Å². The Kier molecular flexibility index (Phi) is 5.56. The number of aromatic nitrogens is 2. The summed E-state index contributed by atoms with van der Waals surface area (Å²) in [5.41, 5.74) is 1.77. The summed E-state index contributed by atoms with van der Waals surface area (Å²) in [6.07, 6.45) is 0.362. The Labute approximate surface area is 174 Å². The van der Waals surface area contributed by atoms with Crippen LogP contribution in [0.25, 0.3) is 11.5 Å². The topological polar surface area (TPSA) is 86.9 Å². The van der Waals surface area contributed by atoms with Crippen LogP contribution in [0.1, 0.15) is 23.7 Å². The fourth-order valence-corrected chi connectivity index (χ4v) is 3.54. The first kappa shape index (κ1) is 19.8. The van der Waals surface area contributed by atoms with Crippen LogP contribution in [0.4, 0.5) is 0 Å². The smallest absolute Gasteiger partial charge is 0.258 e. The molecule has 1 saturated heterocycles. The van der Waals surface area contributed by atoms with Crippen LogP contribution in [-0.4, -0.2) is 48.8 Å². The normalized spacial score (nSPS) is 16.0. The second-order valence-electron chi connectivity index (χ2n) is 7.05. The molecular weight excluding hydrogens is 386 g/mol. The maximum Gasteiger partial charge on any atom is 0.258 e. The van der Waals surface area contributed by atoms with Gasteiger partial charge in [-0.2, -0.15) is 4.98 Å². The maximum atomic E-state index is 12.5. The Morgan fingerprint density at radius 2 is 1.80 bits per heavy atom. The molecule has 1 fully saturated rings. The Hall–Kier alpha value is -3.55. The molecule has 8 heteroatoms. The van der Waals surface area contributed by atoms with Crippen molar-refractivity contribution in [2.24, 2.45) is 0 Å². The van der Waals surface area contributed by atoms with Gasteiger partial charge in [-0.15, -0.1) is 0 Å². The van der Waals surface area contributed by atoms with Crippen LogP contribution in [0.15, 0.2) is 47.0 Å². The molecule has 1 aromatic heterocycles. The van der Waals surface area contributed by atoms with Crippen LogP contribution in [0.5, 0.6) is 17.2 Å². The lowest BCUT2D eigenvalue weighted by Gasteiger charge is -2.16. The van der Waals surface area contributed by atoms with Crippen LogP contribution in [0.2, 0.25) is 0 Å². The number of methoxy groups -OCH3 is 3. The van der Waals surface area contributed by atoms with Crippen molar-refractivity contribution in [3.8, 4) is 28.7 Å². The molecule has 1 aliphatic heterocycles. The summed E-state index contributed by atoms with van der Waals surface area (Å²) in [5, 5.41) is 4.12. The summed E-state index contributed by atoms with van der Waals surface area (Å²) >= 11 is 0. The molecular formula is C22H23N3O5. The van der Waals surface area contributed by atoms with Gasteiger partial charge in [0, 0.05) is 31.0 Å². The quantitative estimate of drug-likeness (QED) is 0.592. The summed E-state index contributed by atoms with van der Waals surface area (Å²) in [4.78, 5) is 18.8. The number of amides is 1. The van der Waals surface area contributed by atoms with Crippen LogP contribution >= 0.6 is 0 Å². The van der Waals surface area contributed by atoms with E-state index >= 15 is 0 Å². The van der Waals surface area contributed by atoms with E-state index in [0.29, 0.717) is 42.7 Å². The van der Waals surface area contributed by atoms with Gasteiger partial charge in [-0.3, -0.25) is 4.79 Å². The van der Waals surface area contributed by atoms with Gasteiger partial charge in [0.1, 0.15) is 5.75 Å². The first-order valence-electron chi connectivity index (χ1n) is 9.58. The highest BCUT2D eigenvalue weighted by atomic mass is 16.5. The van der Waals surface area contributed by atoms with Gasteiger partial charge >= 0.3 is 0 Å². The molecule has 2 aromatic carbocycles. The van der Waals surface area contributed by atoms with E-state index in [4.69, 9.17) is 18.7 Å². The zero-order chi connectivity index (χ0) is 21.1. The maximum absolute atomic E-state index is 12.5. The second kappa shape index (κ2) is 8.44. The molecule has 0 N–H and O–H groups in total. The average molecular weight is 409 g/mol. The third-order valence-electron chi connectivity index (χ3n) is 5.18. The number of hydrogen-bond acceptors (Lipinski definition) is 7. The highest BCUT2D eigenvalue weighted by Crippen LogP contribution is 2.33. The van der Waals surface area contributed by atoms with Crippen LogP contribution in [0.3, 0.4) is 0 Å². The summed E-state index contributed by atoms with van der Waals surface area (Å²) in [7, 11) is 4.78. The minimum atomic E-state index is -0.103. The van der Waals surface area contributed by atoms with Crippen molar-refractivity contribution in [3.63, 3.8) is 0 Å². The van der Waals surface area contributed by atoms with Gasteiger partial charge in [0.2, 0.25) is 5.91 Å². The Bertz CT molecular complexity index is 1030. The molecule has 156 valence electrons. The van der Waals surface area contributed by atoms with E-state index in [9.17, 15) is 4.79 Å². The molecule has 30 heavy (non-hydrogen) atoms. The van der Waals surface area contributed by atoms with Crippen LogP contribution in [0, 0.1) is 0 Å². The first-order valence-corrected chi connectivity index (χ1v) is 9.58. The second-order valence-corrected chi connectivity index (χ2v) is 7.05. The van der Waals surface area contributed by atoms with Crippen molar-refractivity contribution in [2.45, 2.75) is 18.9 Å². The fraction of sp³-hybridized carbons (Fsp3) is 0.318. The fourth-order valence-electron chi connectivity index (χ4n) is 3.54. The van der Waals surface area contributed by atoms with Crippen LogP contribution < -0.4 is 14.2 Å². The SMILES string of the molecule is COc1ccc(CN2CC(c3noc(-c4ccc(OC)c(OC)c4)n3)CC2=O)cc1. The van der Waals surface area contributed by atoms with E-state index in [2.05, 4.69) is 10.1 Å². The average Bonchev–Trinajstić information content (AvgIpc) is 3.41. The molecule has 0 aliphatic carbocycles. The van der Waals surface area contributed by atoms with E-state index in [1.54, 1.807) is 33.5 Å². The predicted molar refractivity (Wildman–Crippen MR) is 109 cm³/mol. The Morgan fingerprint density at radius 3 is 2.50 bits per heavy atom. The third-order valence-corrected chi connectivity index (χ3v) is 5.18. The highest BCUT2D eigenvalue weighted by molar-refractivity contribution is 5.79. The predicted octanol–water partition coefficient (Wildman–Crippen LogP) is 3.28. The van der Waals surface area contributed by atoms with E-state index in [-0.39, 0.29) is 11.8 Å². The van der Waals surface area contributed by atoms with E-state index in [1.807, 2.05) is 35.2 Å². The third kappa shape index (κ3) is 3.94. The largest absolute Gasteiger partial charge is 0.497 e. The first-order chi connectivity index (χ1) is 14.6. The summed E-state index contributed by atoms with van der Waals surface area (Å²) in [6, 6.07) is 13.1. The monoisotopic (exact) mass is 409 g/mol. The number of hydrogen-bond donors (Lipinski definition) is 0. The molecule has 1 unspecified atom stereocenters. The molecule has 4 rings (SSSR count). The van der Waals surface area contributed by atoms with Gasteiger partial charge in [-0.25, -0.2) is 0 Å². The van der Waals surface area contributed by atoms with Gasteiger partial charge in [0.05, 0.1) is 21.3 Å². The molecule has 2 heterocycles. The van der Waals surface area contributed by atoms with E-state index in [0.717, 1.165) is 16.9 Å². The zero-order valence-corrected chi connectivity index (χ0v) is 17.1. The van der Waals surface area contributed by atoms with Crippen molar-refractivity contribution in [3.05, 3.63) is 53.9 Å². The van der Waals surface area contributed by atoms with Gasteiger partial charge in [0.15, 0.2) is 17.3 Å². The number of benzene rings is 2. The van der Waals surface area contributed by atoms with Crippen molar-refractivity contribution in [1.82, 2.24) is 15.0 Å². The van der Waals surface area contributed by atoms with Crippen molar-refractivity contribution >= 4 is 5.91 Å². The summed E-state index contributed by atoms with van der Waals surface area (Å²) < 4.78 is 21.2. The number of ether oxygens (including phenoxy) is 3. The van der Waals surface area contributed by atoms with Gasteiger partial charge in [-0.1, -0.05) is 17.3 Å². The number of rotatable bonds is 7. The molecule has 0 spiro atoms. The molecule has 0 saturated carbocycles. The molecule has 0 bridgehead atoms. The minimum absolute atomic E-state index is 0.0771. The minimum Gasteiger partial charge on any atom is -0.497 e. The lowest BCUT2D eigenvalue weighted by Crippen LogP contribution is -2.24. The summed E-state index contributed by atoms with van der Waals surface area (Å²) in [6.45, 7) is 1.09. The lowest BCUT2D eigenvalue weighted by atomic mass is 10.1. The molecule has 0 radical (unpaired) electrons. The number of carbonyl (C=O) groups excluding carboxylic acids is 1. The van der Waals surface area contributed by atoms with Crippen molar-refractivity contribution < 1.29 is 23.5 Å². The lowest BCUT2D eigenvalue weighted by molar-refractivity contribution is -0.128. The van der Waals surface area contributed by atoms with Crippen molar-refractivity contribution in [2.75, 3.05) is 27.9 Å². The van der Waals surface area contributed by atoms with Gasteiger partial charge < -0.3 is 23.6 Å². The zero-order valence-electron chi connectivity index (χ0n) is 17.1. The van der Waals surface area contributed by atoms with E-state index in [1.165, 1.54) is 0 Å². The highest BCUT2D eigenvalue weighted by Gasteiger charge is 2.33. The Balaban J connectivity index is 1.46.